The molecule has 0 aliphatic heterocycles. The van der Waals surface area contributed by atoms with E-state index in [-0.39, 0.29) is 6.03 Å². The molecule has 3 nitrogen and oxygen atoms in total. The van der Waals surface area contributed by atoms with Crippen molar-refractivity contribution >= 4 is 23.3 Å². The Balaban J connectivity index is 1.97. The van der Waals surface area contributed by atoms with Crippen LogP contribution in [0, 0.1) is 0 Å². The van der Waals surface area contributed by atoms with E-state index >= 15 is 0 Å². The molecule has 0 radical (unpaired) electrons. The topological polar surface area (TPSA) is 41.1 Å². The van der Waals surface area contributed by atoms with E-state index in [4.69, 9.17) is 11.6 Å². The van der Waals surface area contributed by atoms with E-state index in [1.54, 1.807) is 0 Å². The van der Waals surface area contributed by atoms with Crippen LogP contribution in [0.5, 0.6) is 0 Å². The van der Waals surface area contributed by atoms with Gasteiger partial charge in [0.25, 0.3) is 0 Å². The van der Waals surface area contributed by atoms with Crippen molar-refractivity contribution in [2.75, 3.05) is 17.7 Å². The molecule has 0 unspecified atom stereocenters. The third kappa shape index (κ3) is 3.89. The van der Waals surface area contributed by atoms with Gasteiger partial charge in [0, 0.05) is 18.1 Å². The van der Waals surface area contributed by atoms with Crippen molar-refractivity contribution in [3.8, 4) is 0 Å². The fourth-order valence-corrected chi connectivity index (χ4v) is 3.01. The van der Waals surface area contributed by atoms with Gasteiger partial charge in [0.1, 0.15) is 0 Å². The van der Waals surface area contributed by atoms with Gasteiger partial charge in [-0.3, -0.25) is 0 Å². The molecule has 0 bridgehead atoms. The van der Waals surface area contributed by atoms with Crippen molar-refractivity contribution in [1.82, 2.24) is 5.32 Å². The molecule has 20 heavy (non-hydrogen) atoms. The molecule has 1 aliphatic rings. The summed E-state index contributed by atoms with van der Waals surface area (Å²) in [5, 5.41) is 5.49. The molecule has 1 saturated carbocycles. The lowest BCUT2D eigenvalue weighted by molar-refractivity contribution is 0.252. The number of rotatable bonds is 4. The van der Waals surface area contributed by atoms with Gasteiger partial charge in [0.2, 0.25) is 0 Å². The Morgan fingerprint density at radius 1 is 1.20 bits per heavy atom. The lowest BCUT2D eigenvalue weighted by atomic mass is 9.71. The number of carbonyl (C=O) groups excluding carboxylic acids is 1. The van der Waals surface area contributed by atoms with E-state index in [0.29, 0.717) is 17.8 Å². The van der Waals surface area contributed by atoms with Gasteiger partial charge in [-0.1, -0.05) is 38.3 Å². The molecule has 2 amide bonds. The zero-order chi connectivity index (χ0) is 14.4. The monoisotopic (exact) mass is 294 g/mol. The summed E-state index contributed by atoms with van der Waals surface area (Å²) >= 11 is 5.53. The summed E-state index contributed by atoms with van der Waals surface area (Å²) in [7, 11) is 0. The third-order valence-corrected chi connectivity index (χ3v) is 4.37. The summed E-state index contributed by atoms with van der Waals surface area (Å²) in [5.74, 6) is 0.421. The second kappa shape index (κ2) is 6.98. The van der Waals surface area contributed by atoms with Gasteiger partial charge in [0.05, 0.1) is 0 Å². The first-order chi connectivity index (χ1) is 9.64. The quantitative estimate of drug-likeness (QED) is 0.800. The van der Waals surface area contributed by atoms with E-state index in [1.807, 2.05) is 12.1 Å². The summed E-state index contributed by atoms with van der Waals surface area (Å²) in [5.41, 5.74) is 2.50. The first-order valence-corrected chi connectivity index (χ1v) is 7.89. The number of carbonyl (C=O) groups is 1. The number of anilines is 1. The molecule has 2 rings (SSSR count). The number of hydrogen-bond acceptors (Lipinski definition) is 1. The fraction of sp³-hybridized carbons (Fsp3) is 0.562. The van der Waals surface area contributed by atoms with Crippen LogP contribution in [0.4, 0.5) is 10.5 Å². The number of alkyl halides is 1. The molecular formula is C16H23ClN2O. The van der Waals surface area contributed by atoms with Gasteiger partial charge in [-0.25, -0.2) is 4.79 Å². The molecule has 1 aliphatic carbocycles. The van der Waals surface area contributed by atoms with Crippen molar-refractivity contribution < 1.29 is 4.79 Å². The number of halogens is 1. The molecule has 1 aromatic carbocycles. The van der Waals surface area contributed by atoms with Gasteiger partial charge in [0.15, 0.2) is 0 Å². The maximum atomic E-state index is 11.5. The van der Waals surface area contributed by atoms with Crippen molar-refractivity contribution in [2.45, 2.75) is 44.4 Å². The van der Waals surface area contributed by atoms with Crippen LogP contribution in [0.1, 0.15) is 44.6 Å². The molecule has 0 spiro atoms. The van der Waals surface area contributed by atoms with Crippen molar-refractivity contribution in [1.29, 1.82) is 0 Å². The minimum atomic E-state index is -0.206. The minimum absolute atomic E-state index is 0.206. The summed E-state index contributed by atoms with van der Waals surface area (Å²) < 4.78 is 0. The highest BCUT2D eigenvalue weighted by molar-refractivity contribution is 6.18. The minimum Gasteiger partial charge on any atom is -0.337 e. The smallest absolute Gasteiger partial charge is 0.319 e. The average molecular weight is 295 g/mol. The lowest BCUT2D eigenvalue weighted by Gasteiger charge is -2.34. The van der Waals surface area contributed by atoms with Crippen LogP contribution in [0.15, 0.2) is 24.3 Å². The summed E-state index contributed by atoms with van der Waals surface area (Å²) in [6.07, 6.45) is 6.51. The first-order valence-electron chi connectivity index (χ1n) is 7.35. The summed E-state index contributed by atoms with van der Waals surface area (Å²) in [6.45, 7) is 2.82. The first kappa shape index (κ1) is 15.2. The number of nitrogens with one attached hydrogen (secondary N) is 2. The van der Waals surface area contributed by atoms with Crippen LogP contribution in [0.2, 0.25) is 0 Å². The zero-order valence-electron chi connectivity index (χ0n) is 12.0. The Kier molecular flexibility index (Phi) is 5.30. The maximum absolute atomic E-state index is 11.5. The van der Waals surface area contributed by atoms with E-state index in [2.05, 4.69) is 29.7 Å². The van der Waals surface area contributed by atoms with Crippen molar-refractivity contribution in [3.63, 3.8) is 0 Å². The Morgan fingerprint density at radius 3 is 2.45 bits per heavy atom. The van der Waals surface area contributed by atoms with Gasteiger partial charge in [-0.05, 0) is 36.0 Å². The van der Waals surface area contributed by atoms with Gasteiger partial charge in [-0.15, -0.1) is 11.6 Å². The van der Waals surface area contributed by atoms with Gasteiger partial charge in [-0.2, -0.15) is 0 Å². The maximum Gasteiger partial charge on any atom is 0.319 e. The largest absolute Gasteiger partial charge is 0.337 e. The van der Waals surface area contributed by atoms with Crippen LogP contribution >= 0.6 is 11.6 Å². The van der Waals surface area contributed by atoms with Crippen molar-refractivity contribution in [3.05, 3.63) is 29.8 Å². The normalized spacial score (nSPS) is 17.5. The van der Waals surface area contributed by atoms with E-state index < -0.39 is 0 Å². The van der Waals surface area contributed by atoms with Crippen LogP contribution < -0.4 is 10.6 Å². The zero-order valence-corrected chi connectivity index (χ0v) is 12.8. The summed E-state index contributed by atoms with van der Waals surface area (Å²) in [4.78, 5) is 11.5. The second-order valence-electron chi connectivity index (χ2n) is 5.77. The molecule has 1 fully saturated rings. The number of amides is 2. The van der Waals surface area contributed by atoms with Crippen LogP contribution in [-0.4, -0.2) is 18.5 Å². The van der Waals surface area contributed by atoms with E-state index in [1.165, 1.54) is 37.7 Å². The van der Waals surface area contributed by atoms with Gasteiger partial charge < -0.3 is 10.6 Å². The molecular weight excluding hydrogens is 272 g/mol. The molecule has 0 atom stereocenters. The van der Waals surface area contributed by atoms with Crippen molar-refractivity contribution in [2.24, 2.45) is 0 Å². The van der Waals surface area contributed by atoms with Gasteiger partial charge >= 0.3 is 6.03 Å². The Labute approximate surface area is 126 Å². The predicted octanol–water partition coefficient (Wildman–Crippen LogP) is 4.27. The highest BCUT2D eigenvalue weighted by Gasteiger charge is 2.28. The second-order valence-corrected chi connectivity index (χ2v) is 6.15. The Bertz CT molecular complexity index is 438. The molecule has 110 valence electrons. The number of urea groups is 1. The third-order valence-electron chi connectivity index (χ3n) is 4.18. The lowest BCUT2D eigenvalue weighted by Crippen LogP contribution is -2.30. The molecule has 1 aromatic rings. The standard InChI is InChI=1S/C16H23ClN2O/c1-16(9-3-2-4-10-16)13-5-7-14(8-6-13)19-15(20)18-12-11-17/h5-8H,2-4,9-12H2,1H3,(H2,18,19,20). The molecule has 4 heteroatoms. The van der Waals surface area contributed by atoms with E-state index in [9.17, 15) is 4.79 Å². The van der Waals surface area contributed by atoms with Crippen LogP contribution in [-0.2, 0) is 5.41 Å². The molecule has 0 aromatic heterocycles. The molecule has 2 N–H and O–H groups in total. The predicted molar refractivity (Wildman–Crippen MR) is 84.6 cm³/mol. The highest BCUT2D eigenvalue weighted by Crippen LogP contribution is 2.39. The number of benzene rings is 1. The highest BCUT2D eigenvalue weighted by atomic mass is 35.5. The average Bonchev–Trinajstić information content (AvgIpc) is 2.46. The van der Waals surface area contributed by atoms with Crippen LogP contribution in [0.25, 0.3) is 0 Å². The molecule has 0 saturated heterocycles. The number of hydrogen-bond donors (Lipinski definition) is 2. The Hall–Kier alpha value is -1.22. The Morgan fingerprint density at radius 2 is 1.85 bits per heavy atom. The van der Waals surface area contributed by atoms with Crippen LogP contribution in [0.3, 0.4) is 0 Å². The SMILES string of the molecule is CC1(c2ccc(NC(=O)NCCCl)cc2)CCCCC1. The molecule has 0 heterocycles. The fourth-order valence-electron chi connectivity index (χ4n) is 2.91. The summed E-state index contributed by atoms with van der Waals surface area (Å²) in [6, 6.07) is 8.04. The van der Waals surface area contributed by atoms with E-state index in [0.717, 1.165) is 5.69 Å².